The van der Waals surface area contributed by atoms with Crippen molar-refractivity contribution in [2.45, 2.75) is 257 Å². The first-order valence-corrected chi connectivity index (χ1v) is 27.7. The van der Waals surface area contributed by atoms with E-state index in [2.05, 4.69) is 129 Å². The molecule has 0 spiro atoms. The summed E-state index contributed by atoms with van der Waals surface area (Å²) in [5.41, 5.74) is 0. The summed E-state index contributed by atoms with van der Waals surface area (Å²) in [5.74, 6) is -0.0855. The average molecular weight is 913 g/mol. The fraction of sp³-hybridized carbons (Fsp3) is 0.661. The summed E-state index contributed by atoms with van der Waals surface area (Å²) in [6, 6.07) is -0.656. The van der Waals surface area contributed by atoms with E-state index < -0.39 is 12.1 Å². The van der Waals surface area contributed by atoms with Gasteiger partial charge in [-0.1, -0.05) is 257 Å². The third kappa shape index (κ3) is 51.8. The fourth-order valence-corrected chi connectivity index (χ4v) is 7.72. The smallest absolute Gasteiger partial charge is 0.220 e. The zero-order valence-corrected chi connectivity index (χ0v) is 43.2. The molecular formula is C62H105NO3. The van der Waals surface area contributed by atoms with Crippen molar-refractivity contribution in [2.75, 3.05) is 6.61 Å². The normalized spacial score (nSPS) is 13.8. The van der Waals surface area contributed by atoms with Crippen LogP contribution >= 0.6 is 0 Å². The molecule has 0 aliphatic carbocycles. The second-order valence-corrected chi connectivity index (χ2v) is 18.2. The van der Waals surface area contributed by atoms with Gasteiger partial charge in [0.05, 0.1) is 18.8 Å². The number of nitrogens with one attached hydrogen (secondary N) is 1. The van der Waals surface area contributed by atoms with Crippen molar-refractivity contribution in [3.8, 4) is 0 Å². The average Bonchev–Trinajstić information content (AvgIpc) is 3.32. The van der Waals surface area contributed by atoms with Gasteiger partial charge in [0, 0.05) is 6.42 Å². The summed E-state index contributed by atoms with van der Waals surface area (Å²) in [6.07, 6.45) is 86.3. The summed E-state index contributed by atoms with van der Waals surface area (Å²) >= 11 is 0. The van der Waals surface area contributed by atoms with E-state index in [1.165, 1.54) is 135 Å². The molecule has 4 nitrogen and oxygen atoms in total. The van der Waals surface area contributed by atoms with E-state index in [1.807, 2.05) is 6.08 Å². The predicted octanol–water partition coefficient (Wildman–Crippen LogP) is 18.5. The number of rotatable bonds is 49. The Balaban J connectivity index is 3.63. The summed E-state index contributed by atoms with van der Waals surface area (Å²) in [7, 11) is 0. The molecule has 4 heteroatoms. The Kier molecular flexibility index (Phi) is 53.4. The molecule has 0 aliphatic heterocycles. The lowest BCUT2D eigenvalue weighted by Gasteiger charge is -2.19. The van der Waals surface area contributed by atoms with Gasteiger partial charge in [0.15, 0.2) is 0 Å². The minimum atomic E-state index is -0.880. The van der Waals surface area contributed by atoms with Crippen molar-refractivity contribution in [3.05, 3.63) is 122 Å². The molecule has 1 amide bonds. The molecule has 0 heterocycles. The second-order valence-electron chi connectivity index (χ2n) is 18.2. The van der Waals surface area contributed by atoms with Crippen molar-refractivity contribution in [1.82, 2.24) is 5.32 Å². The highest BCUT2D eigenvalue weighted by Gasteiger charge is 2.17. The maximum atomic E-state index is 12.5. The molecule has 0 radical (unpaired) electrons. The molecule has 0 aromatic heterocycles. The Bertz CT molecular complexity index is 1310. The van der Waals surface area contributed by atoms with Gasteiger partial charge in [-0.15, -0.1) is 0 Å². The largest absolute Gasteiger partial charge is 0.394 e. The molecule has 0 saturated carbocycles. The maximum absolute atomic E-state index is 12.5. The van der Waals surface area contributed by atoms with Crippen LogP contribution in [0, 0.1) is 0 Å². The highest BCUT2D eigenvalue weighted by molar-refractivity contribution is 5.76. The summed E-state index contributed by atoms with van der Waals surface area (Å²) in [4.78, 5) is 12.5. The molecule has 2 atom stereocenters. The fourth-order valence-electron chi connectivity index (χ4n) is 7.72. The van der Waals surface area contributed by atoms with E-state index in [9.17, 15) is 15.0 Å². The first kappa shape index (κ1) is 62.8. The molecule has 0 saturated heterocycles. The number of hydrogen-bond donors (Lipinski definition) is 3. The van der Waals surface area contributed by atoms with Crippen LogP contribution in [0.15, 0.2) is 122 Å². The second kappa shape index (κ2) is 56.1. The highest BCUT2D eigenvalue weighted by atomic mass is 16.3. The summed E-state index contributed by atoms with van der Waals surface area (Å²) in [6.45, 7) is 4.18. The topological polar surface area (TPSA) is 69.6 Å². The van der Waals surface area contributed by atoms with Gasteiger partial charge in [-0.2, -0.15) is 0 Å². The van der Waals surface area contributed by atoms with Crippen LogP contribution in [0.5, 0.6) is 0 Å². The Hall–Kier alpha value is -3.21. The van der Waals surface area contributed by atoms with Crippen LogP contribution in [-0.4, -0.2) is 34.9 Å². The first-order chi connectivity index (χ1) is 32.7. The van der Waals surface area contributed by atoms with Crippen LogP contribution in [-0.2, 0) is 4.79 Å². The van der Waals surface area contributed by atoms with Crippen LogP contribution < -0.4 is 5.32 Å². The molecule has 66 heavy (non-hydrogen) atoms. The number of carbonyl (C=O) groups is 1. The number of aliphatic hydroxyl groups excluding tert-OH is 2. The lowest BCUT2D eigenvalue weighted by Crippen LogP contribution is -2.45. The van der Waals surface area contributed by atoms with Gasteiger partial charge >= 0.3 is 0 Å². The van der Waals surface area contributed by atoms with E-state index >= 15 is 0 Å². The predicted molar refractivity (Wildman–Crippen MR) is 294 cm³/mol. The van der Waals surface area contributed by atoms with E-state index in [0.29, 0.717) is 6.42 Å². The van der Waals surface area contributed by atoms with Crippen LogP contribution in [0.3, 0.4) is 0 Å². The lowest BCUT2D eigenvalue weighted by molar-refractivity contribution is -0.123. The van der Waals surface area contributed by atoms with Crippen molar-refractivity contribution in [3.63, 3.8) is 0 Å². The van der Waals surface area contributed by atoms with Crippen molar-refractivity contribution in [2.24, 2.45) is 0 Å². The number of amides is 1. The molecule has 0 aromatic carbocycles. The van der Waals surface area contributed by atoms with Gasteiger partial charge in [0.1, 0.15) is 0 Å². The van der Waals surface area contributed by atoms with Crippen molar-refractivity contribution < 1.29 is 15.0 Å². The van der Waals surface area contributed by atoms with Crippen LogP contribution in [0.25, 0.3) is 0 Å². The third-order valence-electron chi connectivity index (χ3n) is 11.9. The molecular weight excluding hydrogens is 807 g/mol. The van der Waals surface area contributed by atoms with Crippen molar-refractivity contribution in [1.29, 1.82) is 0 Å². The van der Waals surface area contributed by atoms with Gasteiger partial charge in [-0.3, -0.25) is 4.79 Å². The molecule has 0 fully saturated rings. The van der Waals surface area contributed by atoms with E-state index in [1.54, 1.807) is 6.08 Å². The minimum absolute atomic E-state index is 0.0855. The van der Waals surface area contributed by atoms with Gasteiger partial charge in [0.2, 0.25) is 5.91 Å². The Morgan fingerprint density at radius 2 is 0.682 bits per heavy atom. The zero-order chi connectivity index (χ0) is 47.7. The number of hydrogen-bond acceptors (Lipinski definition) is 3. The van der Waals surface area contributed by atoms with Gasteiger partial charge in [0.25, 0.3) is 0 Å². The molecule has 2 unspecified atom stereocenters. The number of carbonyl (C=O) groups excluding carboxylic acids is 1. The van der Waals surface area contributed by atoms with E-state index in [-0.39, 0.29) is 12.5 Å². The maximum Gasteiger partial charge on any atom is 0.220 e. The minimum Gasteiger partial charge on any atom is -0.394 e. The Morgan fingerprint density at radius 1 is 0.379 bits per heavy atom. The molecule has 3 N–H and O–H groups in total. The van der Waals surface area contributed by atoms with Gasteiger partial charge in [-0.25, -0.2) is 0 Å². The monoisotopic (exact) mass is 912 g/mol. The molecule has 0 rings (SSSR count). The van der Waals surface area contributed by atoms with E-state index in [0.717, 1.165) is 89.9 Å². The lowest BCUT2D eigenvalue weighted by atomic mass is 10.0. The Labute approximate surface area is 409 Å². The molecule has 0 bridgehead atoms. The highest BCUT2D eigenvalue weighted by Crippen LogP contribution is 2.14. The van der Waals surface area contributed by atoms with E-state index in [4.69, 9.17) is 0 Å². The number of aliphatic hydroxyl groups is 2. The Morgan fingerprint density at radius 3 is 1.06 bits per heavy atom. The van der Waals surface area contributed by atoms with Crippen LogP contribution in [0.2, 0.25) is 0 Å². The van der Waals surface area contributed by atoms with Gasteiger partial charge in [-0.05, 0) is 103 Å². The molecule has 0 aliphatic rings. The van der Waals surface area contributed by atoms with Crippen molar-refractivity contribution >= 4 is 5.91 Å². The number of unbranched alkanes of at least 4 members (excludes halogenated alkanes) is 24. The summed E-state index contributed by atoms with van der Waals surface area (Å²) in [5, 5.41) is 23.1. The van der Waals surface area contributed by atoms with Gasteiger partial charge < -0.3 is 15.5 Å². The summed E-state index contributed by atoms with van der Waals surface area (Å²) < 4.78 is 0. The molecule has 0 aromatic rings. The molecule has 376 valence electrons. The third-order valence-corrected chi connectivity index (χ3v) is 11.9. The number of allylic oxidation sites excluding steroid dienone is 19. The van der Waals surface area contributed by atoms with Crippen LogP contribution in [0.1, 0.15) is 245 Å². The van der Waals surface area contributed by atoms with Crippen LogP contribution in [0.4, 0.5) is 0 Å². The SMILES string of the molecule is CC/C=C\C/C=C\C/C=C\C/C=C\C/C=C\C/C=C\C/C=C\CCCCCCCCCCCCCC(=O)NC(CO)C(O)/C=C/CC/C=C/CC/C=C/CCCCCCCCCCCCC. The standard InChI is InChI=1S/C62H105NO3/c1-3-5-7-9-11-13-15-17-19-21-23-25-26-27-28-29-30-31-32-33-34-35-36-38-40-42-44-46-48-50-52-54-56-58-62(66)63-60(59-64)61(65)57-55-53-51-49-47-45-43-41-39-37-24-22-20-18-16-14-12-10-8-6-4-2/h5,7,11,13,17,19,23,25,27-28,30-31,33-34,39,41,47,49,55,57,60-61,64-65H,3-4,6,8-10,12,14-16,18,20-22,24,26,29,32,35-38,40,42-46,48,50-54,56,58-59H2,1-2H3,(H,63,66)/b7-5-,13-11-,19-17-,25-23-,28-27-,31-30-,34-33-,41-39+,49-47+,57-55+. The first-order valence-electron chi connectivity index (χ1n) is 27.7. The zero-order valence-electron chi connectivity index (χ0n) is 43.2. The quantitative estimate of drug-likeness (QED) is 0.0421.